The van der Waals surface area contributed by atoms with Gasteiger partial charge in [-0.2, -0.15) is 5.26 Å². The zero-order valence-corrected chi connectivity index (χ0v) is 11.7. The normalized spacial score (nSPS) is 9.86. The third-order valence-corrected chi connectivity index (χ3v) is 3.23. The van der Waals surface area contributed by atoms with Crippen LogP contribution in [0.25, 0.3) is 0 Å². The highest BCUT2D eigenvalue weighted by Gasteiger charge is 2.15. The van der Waals surface area contributed by atoms with Crippen LogP contribution >= 0.6 is 0 Å². The maximum Gasteiger partial charge on any atom is 0.228 e. The molecule has 2 aromatic rings. The maximum atomic E-state index is 12.4. The van der Waals surface area contributed by atoms with Crippen LogP contribution in [-0.4, -0.2) is 17.4 Å². The molecule has 0 atom stereocenters. The predicted octanol–water partition coefficient (Wildman–Crippen LogP) is 2.36. The van der Waals surface area contributed by atoms with E-state index in [4.69, 9.17) is 11.0 Å². The topological polar surface area (TPSA) is 70.1 Å². The van der Waals surface area contributed by atoms with Gasteiger partial charge in [0, 0.05) is 12.2 Å². The van der Waals surface area contributed by atoms with Crippen LogP contribution in [0.15, 0.2) is 54.6 Å². The quantitative estimate of drug-likeness (QED) is 0.674. The maximum absolute atomic E-state index is 12.4. The molecule has 2 rings (SSSR count). The fourth-order valence-electron chi connectivity index (χ4n) is 2.09. The Bertz CT molecular complexity index is 647. The highest BCUT2D eigenvalue weighted by atomic mass is 16.2. The average Bonchev–Trinajstić information content (AvgIpc) is 2.50. The van der Waals surface area contributed by atoms with Gasteiger partial charge in [0.2, 0.25) is 5.91 Å². The molecule has 0 saturated heterocycles. The van der Waals surface area contributed by atoms with Crippen molar-refractivity contribution in [1.82, 2.24) is 4.90 Å². The number of carbonyl (C=O) groups is 1. The van der Waals surface area contributed by atoms with Crippen LogP contribution in [0.5, 0.6) is 0 Å². The molecule has 2 N–H and O–H groups in total. The average molecular weight is 279 g/mol. The monoisotopic (exact) mass is 279 g/mol. The lowest BCUT2D eigenvalue weighted by Crippen LogP contribution is -2.32. The van der Waals surface area contributed by atoms with Crippen LogP contribution in [0.2, 0.25) is 0 Å². The molecular weight excluding hydrogens is 262 g/mol. The molecule has 0 spiro atoms. The first-order valence-corrected chi connectivity index (χ1v) is 6.72. The van der Waals surface area contributed by atoms with Crippen molar-refractivity contribution in [3.05, 3.63) is 65.7 Å². The Morgan fingerprint density at radius 2 is 1.76 bits per heavy atom. The van der Waals surface area contributed by atoms with E-state index in [1.54, 1.807) is 11.0 Å². The van der Waals surface area contributed by atoms with Crippen LogP contribution in [0.4, 0.5) is 5.69 Å². The van der Waals surface area contributed by atoms with Crippen LogP contribution < -0.4 is 5.73 Å². The van der Waals surface area contributed by atoms with Crippen LogP contribution in [0.3, 0.4) is 0 Å². The van der Waals surface area contributed by atoms with Gasteiger partial charge >= 0.3 is 0 Å². The minimum atomic E-state index is -0.0988. The van der Waals surface area contributed by atoms with Gasteiger partial charge in [0.05, 0.1) is 12.5 Å². The van der Waals surface area contributed by atoms with Gasteiger partial charge in [0.25, 0.3) is 0 Å². The molecule has 0 aliphatic heterocycles. The Labute approximate surface area is 124 Å². The SMILES string of the molecule is N#CCN(Cc1ccccc1)C(=O)Cc1ccccc1N. The number of nitrogens with zero attached hydrogens (tertiary/aromatic N) is 2. The number of hydrogen-bond acceptors (Lipinski definition) is 3. The minimum Gasteiger partial charge on any atom is -0.398 e. The molecule has 0 aliphatic rings. The second kappa shape index (κ2) is 7.11. The zero-order chi connectivity index (χ0) is 15.1. The van der Waals surface area contributed by atoms with Crippen LogP contribution in [0.1, 0.15) is 11.1 Å². The van der Waals surface area contributed by atoms with Crippen molar-refractivity contribution in [2.24, 2.45) is 0 Å². The Morgan fingerprint density at radius 1 is 1.10 bits per heavy atom. The lowest BCUT2D eigenvalue weighted by molar-refractivity contribution is -0.130. The van der Waals surface area contributed by atoms with E-state index < -0.39 is 0 Å². The summed E-state index contributed by atoms with van der Waals surface area (Å²) in [5, 5.41) is 8.92. The number of nitrogens with two attached hydrogens (primary N) is 1. The Balaban J connectivity index is 2.09. The van der Waals surface area contributed by atoms with Crippen molar-refractivity contribution in [1.29, 1.82) is 5.26 Å². The molecule has 0 heterocycles. The molecule has 106 valence electrons. The summed E-state index contributed by atoms with van der Waals surface area (Å²) in [5.74, 6) is -0.0988. The van der Waals surface area contributed by atoms with Gasteiger partial charge in [-0.1, -0.05) is 48.5 Å². The molecule has 2 aromatic carbocycles. The molecule has 21 heavy (non-hydrogen) atoms. The number of carbonyl (C=O) groups excluding carboxylic acids is 1. The number of nitrogen functional groups attached to an aromatic ring is 1. The van der Waals surface area contributed by atoms with E-state index in [-0.39, 0.29) is 18.9 Å². The third-order valence-electron chi connectivity index (χ3n) is 3.23. The van der Waals surface area contributed by atoms with Gasteiger partial charge in [0.1, 0.15) is 6.54 Å². The standard InChI is InChI=1S/C17H17N3O/c18-10-11-20(13-14-6-2-1-3-7-14)17(21)12-15-8-4-5-9-16(15)19/h1-9H,11-13,19H2. The van der Waals surface area contributed by atoms with E-state index in [2.05, 4.69) is 0 Å². The number of anilines is 1. The highest BCUT2D eigenvalue weighted by molar-refractivity contribution is 5.80. The van der Waals surface area contributed by atoms with E-state index in [9.17, 15) is 4.79 Å². The summed E-state index contributed by atoms with van der Waals surface area (Å²) in [6.45, 7) is 0.500. The summed E-state index contributed by atoms with van der Waals surface area (Å²) in [6.07, 6.45) is 0.210. The van der Waals surface area contributed by atoms with Crippen molar-refractivity contribution < 1.29 is 4.79 Å². The van der Waals surface area contributed by atoms with Crippen molar-refractivity contribution >= 4 is 11.6 Å². The second-order valence-electron chi connectivity index (χ2n) is 4.77. The molecular formula is C17H17N3O. The molecule has 0 fully saturated rings. The molecule has 0 bridgehead atoms. The Kier molecular flexibility index (Phi) is 4.94. The van der Waals surface area contributed by atoms with Crippen LogP contribution in [0, 0.1) is 11.3 Å². The fourth-order valence-corrected chi connectivity index (χ4v) is 2.09. The number of nitriles is 1. The first-order chi connectivity index (χ1) is 10.2. The zero-order valence-electron chi connectivity index (χ0n) is 11.7. The molecule has 4 heteroatoms. The summed E-state index contributed by atoms with van der Waals surface area (Å²) < 4.78 is 0. The van der Waals surface area contributed by atoms with Gasteiger partial charge in [0.15, 0.2) is 0 Å². The minimum absolute atomic E-state index is 0.0699. The van der Waals surface area contributed by atoms with Gasteiger partial charge in [-0.25, -0.2) is 0 Å². The van der Waals surface area contributed by atoms with Crippen molar-refractivity contribution in [3.8, 4) is 6.07 Å². The summed E-state index contributed by atoms with van der Waals surface area (Å²) in [7, 11) is 0. The van der Waals surface area contributed by atoms with Gasteiger partial charge in [-0.05, 0) is 17.2 Å². The number of hydrogen-bond donors (Lipinski definition) is 1. The number of benzene rings is 2. The summed E-state index contributed by atoms with van der Waals surface area (Å²) in [5.41, 5.74) is 8.25. The Morgan fingerprint density at radius 3 is 2.43 bits per heavy atom. The molecule has 0 unspecified atom stereocenters. The van der Waals surface area contributed by atoms with E-state index in [0.29, 0.717) is 12.2 Å². The fraction of sp³-hybridized carbons (Fsp3) is 0.176. The number of amides is 1. The molecule has 0 saturated carbocycles. The third kappa shape index (κ3) is 4.08. The van der Waals surface area contributed by atoms with E-state index in [1.807, 2.05) is 54.6 Å². The highest BCUT2D eigenvalue weighted by Crippen LogP contribution is 2.13. The summed E-state index contributed by atoms with van der Waals surface area (Å²) >= 11 is 0. The van der Waals surface area contributed by atoms with Crippen molar-refractivity contribution in [2.45, 2.75) is 13.0 Å². The van der Waals surface area contributed by atoms with Crippen LogP contribution in [-0.2, 0) is 17.8 Å². The number of rotatable bonds is 5. The van der Waals surface area contributed by atoms with E-state index in [0.717, 1.165) is 11.1 Å². The first-order valence-electron chi connectivity index (χ1n) is 6.72. The van der Waals surface area contributed by atoms with Crippen molar-refractivity contribution in [2.75, 3.05) is 12.3 Å². The molecule has 4 nitrogen and oxygen atoms in total. The predicted molar refractivity (Wildman–Crippen MR) is 82.0 cm³/mol. The molecule has 1 amide bonds. The lowest BCUT2D eigenvalue weighted by Gasteiger charge is -2.20. The molecule has 0 aromatic heterocycles. The lowest BCUT2D eigenvalue weighted by atomic mass is 10.1. The van der Waals surface area contributed by atoms with Gasteiger partial charge < -0.3 is 10.6 Å². The summed E-state index contributed by atoms with van der Waals surface area (Å²) in [6, 6.07) is 19.0. The number of para-hydroxylation sites is 1. The second-order valence-corrected chi connectivity index (χ2v) is 4.77. The summed E-state index contributed by atoms with van der Waals surface area (Å²) in [4.78, 5) is 13.9. The van der Waals surface area contributed by atoms with Gasteiger partial charge in [-0.15, -0.1) is 0 Å². The van der Waals surface area contributed by atoms with E-state index >= 15 is 0 Å². The smallest absolute Gasteiger partial charge is 0.228 e. The molecule has 0 aliphatic carbocycles. The first kappa shape index (κ1) is 14.6. The Hall–Kier alpha value is -2.80. The largest absolute Gasteiger partial charge is 0.398 e. The molecule has 0 radical (unpaired) electrons. The van der Waals surface area contributed by atoms with Crippen molar-refractivity contribution in [3.63, 3.8) is 0 Å². The van der Waals surface area contributed by atoms with E-state index in [1.165, 1.54) is 0 Å². The van der Waals surface area contributed by atoms with Gasteiger partial charge in [-0.3, -0.25) is 4.79 Å².